The van der Waals surface area contributed by atoms with Crippen molar-refractivity contribution in [3.05, 3.63) is 59.7 Å². The number of amides is 2. The second-order valence-corrected chi connectivity index (χ2v) is 9.22. The van der Waals surface area contributed by atoms with Crippen LogP contribution >= 0.6 is 0 Å². The topological polar surface area (TPSA) is 105 Å². The SMILES string of the molecule is CCOC(CNC(=O)OCC1c2ccccc2-c2ccccc21)CC(=O)N1CCC[C@]1(C)C(=O)O. The number of carbonyl (C=O) groups excluding carboxylic acids is 2. The maximum atomic E-state index is 12.9. The van der Waals surface area contributed by atoms with Gasteiger partial charge < -0.3 is 24.8 Å². The van der Waals surface area contributed by atoms with Gasteiger partial charge in [-0.15, -0.1) is 0 Å². The Kier molecular flexibility index (Phi) is 7.40. The van der Waals surface area contributed by atoms with Crippen molar-refractivity contribution in [1.82, 2.24) is 10.2 Å². The number of carboxylic acids is 1. The van der Waals surface area contributed by atoms with Gasteiger partial charge in [-0.05, 0) is 48.9 Å². The van der Waals surface area contributed by atoms with Crippen molar-refractivity contribution in [1.29, 1.82) is 0 Å². The highest BCUT2D eigenvalue weighted by Crippen LogP contribution is 2.44. The zero-order valence-corrected chi connectivity index (χ0v) is 20.2. The second-order valence-electron chi connectivity index (χ2n) is 9.22. The third-order valence-electron chi connectivity index (χ3n) is 7.03. The third-order valence-corrected chi connectivity index (χ3v) is 7.03. The van der Waals surface area contributed by atoms with Gasteiger partial charge in [0.15, 0.2) is 0 Å². The van der Waals surface area contributed by atoms with Gasteiger partial charge in [-0.1, -0.05) is 48.5 Å². The van der Waals surface area contributed by atoms with Crippen LogP contribution in [0.1, 0.15) is 50.2 Å². The normalized spacial score (nSPS) is 19.7. The average molecular weight is 481 g/mol. The summed E-state index contributed by atoms with van der Waals surface area (Å²) in [6.45, 7) is 4.43. The van der Waals surface area contributed by atoms with Gasteiger partial charge in [-0.25, -0.2) is 9.59 Å². The number of rotatable bonds is 9. The number of carbonyl (C=O) groups is 3. The highest BCUT2D eigenvalue weighted by Gasteiger charge is 2.46. The maximum absolute atomic E-state index is 12.9. The first-order valence-corrected chi connectivity index (χ1v) is 12.1. The quantitative estimate of drug-likeness (QED) is 0.566. The first kappa shape index (κ1) is 24.7. The highest BCUT2D eigenvalue weighted by atomic mass is 16.5. The molecule has 0 spiro atoms. The molecule has 2 N–H and O–H groups in total. The Morgan fingerprint density at radius 1 is 1.11 bits per heavy atom. The van der Waals surface area contributed by atoms with Crippen LogP contribution in [0.2, 0.25) is 0 Å². The minimum Gasteiger partial charge on any atom is -0.480 e. The molecule has 1 unspecified atom stereocenters. The van der Waals surface area contributed by atoms with E-state index in [2.05, 4.69) is 29.6 Å². The number of carboxylic acid groups (broad SMARTS) is 1. The molecule has 0 radical (unpaired) electrons. The van der Waals surface area contributed by atoms with Crippen LogP contribution < -0.4 is 5.32 Å². The Labute approximate surface area is 205 Å². The number of ether oxygens (including phenoxy) is 2. The van der Waals surface area contributed by atoms with Gasteiger partial charge >= 0.3 is 12.1 Å². The molecule has 4 rings (SSSR count). The van der Waals surface area contributed by atoms with Crippen LogP contribution in [-0.4, -0.2) is 65.9 Å². The minimum absolute atomic E-state index is 0.0135. The van der Waals surface area contributed by atoms with Crippen LogP contribution in [0.3, 0.4) is 0 Å². The van der Waals surface area contributed by atoms with Crippen LogP contribution in [0.5, 0.6) is 0 Å². The fraction of sp³-hybridized carbons (Fsp3) is 0.444. The summed E-state index contributed by atoms with van der Waals surface area (Å²) < 4.78 is 11.2. The second kappa shape index (κ2) is 10.5. The molecule has 0 bridgehead atoms. The van der Waals surface area contributed by atoms with Crippen molar-refractivity contribution in [2.45, 2.75) is 50.7 Å². The molecule has 1 saturated heterocycles. The number of hydrogen-bond acceptors (Lipinski definition) is 5. The van der Waals surface area contributed by atoms with Crippen molar-refractivity contribution in [2.24, 2.45) is 0 Å². The summed E-state index contributed by atoms with van der Waals surface area (Å²) in [5, 5.41) is 12.3. The van der Waals surface area contributed by atoms with Crippen LogP contribution in [0, 0.1) is 0 Å². The number of nitrogens with one attached hydrogen (secondary N) is 1. The molecule has 1 aliphatic heterocycles. The monoisotopic (exact) mass is 480 g/mol. The van der Waals surface area contributed by atoms with E-state index >= 15 is 0 Å². The molecule has 8 nitrogen and oxygen atoms in total. The third kappa shape index (κ3) is 5.03. The lowest BCUT2D eigenvalue weighted by Crippen LogP contribution is -2.52. The van der Waals surface area contributed by atoms with Gasteiger partial charge in [0.2, 0.25) is 5.91 Å². The molecule has 1 heterocycles. The fourth-order valence-corrected chi connectivity index (χ4v) is 5.16. The number of benzene rings is 2. The maximum Gasteiger partial charge on any atom is 0.407 e. The molecule has 2 aromatic rings. The van der Waals surface area contributed by atoms with Gasteiger partial charge in [0.05, 0.1) is 12.5 Å². The molecule has 186 valence electrons. The predicted molar refractivity (Wildman–Crippen MR) is 130 cm³/mol. The zero-order valence-electron chi connectivity index (χ0n) is 20.2. The number of aliphatic carboxylic acids is 1. The summed E-state index contributed by atoms with van der Waals surface area (Å²) in [4.78, 5) is 38.5. The van der Waals surface area contributed by atoms with Crippen LogP contribution in [0.15, 0.2) is 48.5 Å². The van der Waals surface area contributed by atoms with E-state index in [0.29, 0.717) is 26.0 Å². The molecule has 0 aromatic heterocycles. The molecule has 35 heavy (non-hydrogen) atoms. The van der Waals surface area contributed by atoms with Crippen molar-refractivity contribution >= 4 is 18.0 Å². The Balaban J connectivity index is 1.33. The van der Waals surface area contributed by atoms with Crippen molar-refractivity contribution in [2.75, 3.05) is 26.3 Å². The van der Waals surface area contributed by atoms with Gasteiger partial charge in [0.1, 0.15) is 12.1 Å². The Hall–Kier alpha value is -3.39. The molecule has 2 aliphatic rings. The Bertz CT molecular complexity index is 1060. The number of hydrogen-bond donors (Lipinski definition) is 2. The largest absolute Gasteiger partial charge is 0.480 e. The number of likely N-dealkylation sites (tertiary alicyclic amines) is 1. The molecule has 2 atom stereocenters. The van der Waals surface area contributed by atoms with E-state index in [0.717, 1.165) is 22.3 Å². The lowest BCUT2D eigenvalue weighted by molar-refractivity contribution is -0.156. The standard InChI is InChI=1S/C27H32N2O6/c1-3-34-18(15-24(30)29-14-8-13-27(29,2)25(31)32)16-28-26(33)35-17-23-21-11-6-4-9-19(21)20-10-5-7-12-22(20)23/h4-7,9-12,18,23H,3,8,13-17H2,1-2H3,(H,28,33)(H,31,32)/t18?,27-/m1/s1. The molecule has 8 heteroatoms. The molecule has 0 saturated carbocycles. The van der Waals surface area contributed by atoms with Crippen LogP contribution in [0.25, 0.3) is 11.1 Å². The van der Waals surface area contributed by atoms with Gasteiger partial charge in [0.25, 0.3) is 0 Å². The number of alkyl carbamates (subject to hydrolysis) is 1. The lowest BCUT2D eigenvalue weighted by Gasteiger charge is -2.32. The van der Waals surface area contributed by atoms with E-state index in [1.54, 1.807) is 6.92 Å². The van der Waals surface area contributed by atoms with Crippen molar-refractivity contribution < 1.29 is 29.0 Å². The number of fused-ring (bicyclic) bond motifs is 3. The van der Waals surface area contributed by atoms with E-state index in [1.165, 1.54) is 4.90 Å². The fourth-order valence-electron chi connectivity index (χ4n) is 5.16. The van der Waals surface area contributed by atoms with E-state index < -0.39 is 23.7 Å². The lowest BCUT2D eigenvalue weighted by atomic mass is 9.98. The average Bonchev–Trinajstić information content (AvgIpc) is 3.40. The van der Waals surface area contributed by atoms with Gasteiger partial charge in [-0.2, -0.15) is 0 Å². The summed E-state index contributed by atoms with van der Waals surface area (Å²) >= 11 is 0. The van der Waals surface area contributed by atoms with E-state index in [-0.39, 0.29) is 31.4 Å². The van der Waals surface area contributed by atoms with Crippen molar-refractivity contribution in [3.63, 3.8) is 0 Å². The number of nitrogens with zero attached hydrogens (tertiary/aromatic N) is 1. The molecular formula is C27H32N2O6. The van der Waals surface area contributed by atoms with Crippen molar-refractivity contribution in [3.8, 4) is 11.1 Å². The van der Waals surface area contributed by atoms with Crippen LogP contribution in [-0.2, 0) is 19.1 Å². The summed E-state index contributed by atoms with van der Waals surface area (Å²) in [7, 11) is 0. The van der Waals surface area contributed by atoms with Gasteiger partial charge in [0, 0.05) is 25.6 Å². The Morgan fingerprint density at radius 3 is 2.34 bits per heavy atom. The molecule has 1 fully saturated rings. The summed E-state index contributed by atoms with van der Waals surface area (Å²) in [5.74, 6) is -1.34. The van der Waals surface area contributed by atoms with Crippen LogP contribution in [0.4, 0.5) is 4.79 Å². The first-order chi connectivity index (χ1) is 16.8. The predicted octanol–water partition coefficient (Wildman–Crippen LogP) is 3.79. The van der Waals surface area contributed by atoms with E-state index in [4.69, 9.17) is 9.47 Å². The minimum atomic E-state index is -1.20. The molecule has 2 amide bonds. The summed E-state index contributed by atoms with van der Waals surface area (Å²) in [5.41, 5.74) is 3.37. The van der Waals surface area contributed by atoms with E-state index in [9.17, 15) is 19.5 Å². The zero-order chi connectivity index (χ0) is 25.0. The molecular weight excluding hydrogens is 448 g/mol. The smallest absolute Gasteiger partial charge is 0.407 e. The highest BCUT2D eigenvalue weighted by molar-refractivity contribution is 5.87. The summed E-state index contributed by atoms with van der Waals surface area (Å²) in [6, 6.07) is 16.2. The first-order valence-electron chi connectivity index (χ1n) is 12.1. The molecule has 2 aromatic carbocycles. The summed E-state index contributed by atoms with van der Waals surface area (Å²) in [6.07, 6.45) is -0.107. The Morgan fingerprint density at radius 2 is 1.74 bits per heavy atom. The van der Waals surface area contributed by atoms with E-state index in [1.807, 2.05) is 31.2 Å². The van der Waals surface area contributed by atoms with Gasteiger partial charge in [-0.3, -0.25) is 4.79 Å². The molecule has 1 aliphatic carbocycles.